The lowest BCUT2D eigenvalue weighted by atomic mass is 9.91. The molecule has 0 bridgehead atoms. The van der Waals surface area contributed by atoms with E-state index < -0.39 is 0 Å². The minimum absolute atomic E-state index is 0.0863. The van der Waals surface area contributed by atoms with Crippen LogP contribution in [0.4, 0.5) is 0 Å². The molecule has 1 N–H and O–H groups in total. The molecular weight excluding hydrogens is 430 g/mol. The van der Waals surface area contributed by atoms with Gasteiger partial charge in [-0.3, -0.25) is 4.79 Å². The molecule has 7 heteroatoms. The normalized spacial score (nSPS) is 25.8. The first kappa shape index (κ1) is 21.3. The van der Waals surface area contributed by atoms with Gasteiger partial charge in [0.2, 0.25) is 5.78 Å². The van der Waals surface area contributed by atoms with Crippen molar-refractivity contribution < 1.29 is 29.0 Å². The average molecular weight is 456 g/mol. The van der Waals surface area contributed by atoms with Crippen molar-refractivity contribution in [2.24, 2.45) is 11.8 Å². The Kier molecular flexibility index (Phi) is 5.61. The summed E-state index contributed by atoms with van der Waals surface area (Å²) in [5, 5.41) is 13.3. The highest BCUT2D eigenvalue weighted by Gasteiger charge is 2.33. The molecule has 0 amide bonds. The summed E-state index contributed by atoms with van der Waals surface area (Å²) < 4.78 is 17.0. The van der Waals surface area contributed by atoms with Gasteiger partial charge >= 0.3 is 0 Å². The molecule has 2 aromatic rings. The van der Waals surface area contributed by atoms with Crippen LogP contribution in [0.2, 0.25) is 5.02 Å². The number of rotatable bonds is 3. The van der Waals surface area contributed by atoms with E-state index >= 15 is 0 Å². The summed E-state index contributed by atoms with van der Waals surface area (Å²) in [6.07, 6.45) is 2.85. The lowest BCUT2D eigenvalue weighted by molar-refractivity contribution is -0.925. The molecule has 5 rings (SSSR count). The van der Waals surface area contributed by atoms with E-state index in [-0.39, 0.29) is 24.1 Å². The standard InChI is InChI=1S/C25H26ClNO5/c1-14-5-15(2)10-27(9-14)11-20-21(28)4-3-19-23(29)22(32-25(19)20)8-16-6-18(26)7-17-12-30-13-31-24(16)17/h3-4,6-8,14-15,28H,5,9-13H2,1-2H3. The number of quaternary nitrogens is 1. The summed E-state index contributed by atoms with van der Waals surface area (Å²) in [5.74, 6) is 2.09. The van der Waals surface area contributed by atoms with Gasteiger partial charge in [0, 0.05) is 33.5 Å². The molecule has 168 valence electrons. The molecule has 6 nitrogen and oxygen atoms in total. The zero-order valence-electron chi connectivity index (χ0n) is 18.2. The fraction of sp³-hybridized carbons (Fsp3) is 0.400. The molecule has 1 saturated heterocycles. The Morgan fingerprint density at radius 2 is 1.97 bits per heavy atom. The van der Waals surface area contributed by atoms with Crippen molar-refractivity contribution in [1.82, 2.24) is 0 Å². The lowest BCUT2D eigenvalue weighted by Gasteiger charge is -2.33. The van der Waals surface area contributed by atoms with E-state index in [1.54, 1.807) is 24.3 Å². The molecule has 2 aromatic carbocycles. The molecule has 3 aliphatic rings. The smallest absolute Gasteiger partial charge is 0.231 e. The highest BCUT2D eigenvalue weighted by atomic mass is 35.5. The molecule has 3 aliphatic heterocycles. The number of Topliss-reactive ketones (excluding diaryl/α,β-unsaturated/α-hetero) is 1. The Bertz CT molecular complexity index is 1100. The van der Waals surface area contributed by atoms with Gasteiger partial charge in [0.05, 0.1) is 25.3 Å². The van der Waals surface area contributed by atoms with Gasteiger partial charge in [0.25, 0.3) is 0 Å². The van der Waals surface area contributed by atoms with Crippen LogP contribution in [0.25, 0.3) is 6.08 Å². The third-order valence-corrected chi connectivity index (χ3v) is 6.61. The van der Waals surface area contributed by atoms with Crippen LogP contribution in [0.15, 0.2) is 30.0 Å². The third kappa shape index (κ3) is 3.98. The number of nitrogens with one attached hydrogen (secondary N) is 1. The summed E-state index contributed by atoms with van der Waals surface area (Å²) in [5.41, 5.74) is 2.48. The molecule has 1 fully saturated rings. The number of allylic oxidation sites excluding steroid dienone is 1. The van der Waals surface area contributed by atoms with E-state index in [2.05, 4.69) is 13.8 Å². The Labute approximate surface area is 192 Å². The van der Waals surface area contributed by atoms with Crippen LogP contribution >= 0.6 is 11.6 Å². The summed E-state index contributed by atoms with van der Waals surface area (Å²) in [6.45, 7) is 7.62. The van der Waals surface area contributed by atoms with Gasteiger partial charge in [-0.25, -0.2) is 0 Å². The fourth-order valence-electron chi connectivity index (χ4n) is 5.23. The second kappa shape index (κ2) is 8.43. The van der Waals surface area contributed by atoms with Crippen molar-refractivity contribution in [2.45, 2.75) is 33.4 Å². The zero-order chi connectivity index (χ0) is 22.4. The van der Waals surface area contributed by atoms with Crippen LogP contribution in [-0.4, -0.2) is 25.7 Å². The van der Waals surface area contributed by atoms with Crippen molar-refractivity contribution >= 4 is 23.5 Å². The number of fused-ring (bicyclic) bond motifs is 2. The summed E-state index contributed by atoms with van der Waals surface area (Å²) in [7, 11) is 0. The highest BCUT2D eigenvalue weighted by Crippen LogP contribution is 2.40. The van der Waals surface area contributed by atoms with E-state index in [0.717, 1.165) is 18.7 Å². The molecule has 0 aliphatic carbocycles. The predicted octanol–water partition coefficient (Wildman–Crippen LogP) is 2.96. The van der Waals surface area contributed by atoms with Gasteiger partial charge in [-0.05, 0) is 30.7 Å². The number of carbonyl (C=O) groups is 1. The Balaban J connectivity index is 1.48. The molecule has 0 saturated carbocycles. The molecule has 0 aromatic heterocycles. The van der Waals surface area contributed by atoms with Gasteiger partial charge in [-0.1, -0.05) is 37.3 Å². The topological polar surface area (TPSA) is 72.3 Å². The van der Waals surface area contributed by atoms with Crippen LogP contribution in [-0.2, 0) is 17.9 Å². The molecule has 32 heavy (non-hydrogen) atoms. The van der Waals surface area contributed by atoms with Crippen LogP contribution in [0.3, 0.4) is 0 Å². The molecule has 0 spiro atoms. The minimum Gasteiger partial charge on any atom is -0.872 e. The van der Waals surface area contributed by atoms with Crippen LogP contribution in [0, 0.1) is 11.8 Å². The van der Waals surface area contributed by atoms with Crippen molar-refractivity contribution in [1.29, 1.82) is 0 Å². The Morgan fingerprint density at radius 1 is 1.19 bits per heavy atom. The molecule has 2 unspecified atom stereocenters. The van der Waals surface area contributed by atoms with Crippen molar-refractivity contribution in [3.8, 4) is 17.2 Å². The number of halogens is 1. The Hall–Kier alpha value is -2.54. The van der Waals surface area contributed by atoms with E-state index in [1.165, 1.54) is 17.4 Å². The van der Waals surface area contributed by atoms with Gasteiger partial charge in [0.1, 0.15) is 18.0 Å². The SMILES string of the molecule is CC1CC(C)C[NH+](Cc2c([O-])ccc3c2OC(=Cc2cc(Cl)cc4c2OCOC4)C3=O)C1. The monoisotopic (exact) mass is 455 g/mol. The Morgan fingerprint density at radius 3 is 2.75 bits per heavy atom. The number of ether oxygens (including phenoxy) is 3. The number of ketones is 1. The largest absolute Gasteiger partial charge is 0.872 e. The third-order valence-electron chi connectivity index (χ3n) is 6.39. The first-order chi connectivity index (χ1) is 15.4. The van der Waals surface area contributed by atoms with Crippen molar-refractivity contribution in [3.63, 3.8) is 0 Å². The van der Waals surface area contributed by atoms with Gasteiger partial charge in [-0.2, -0.15) is 0 Å². The molecular formula is C25H26ClNO5. The maximum absolute atomic E-state index is 13.1. The van der Waals surface area contributed by atoms with Crippen molar-refractivity contribution in [3.05, 3.63) is 57.3 Å². The number of piperidine rings is 1. The van der Waals surface area contributed by atoms with E-state index in [4.69, 9.17) is 25.8 Å². The molecule has 2 atom stereocenters. The number of hydrogen-bond donors (Lipinski definition) is 1. The van der Waals surface area contributed by atoms with Gasteiger partial charge in [-0.15, -0.1) is 0 Å². The highest BCUT2D eigenvalue weighted by molar-refractivity contribution is 6.31. The summed E-state index contributed by atoms with van der Waals surface area (Å²) in [6, 6.07) is 6.57. The quantitative estimate of drug-likeness (QED) is 0.720. The van der Waals surface area contributed by atoms with E-state index in [9.17, 15) is 9.90 Å². The van der Waals surface area contributed by atoms with Crippen LogP contribution in [0.5, 0.6) is 17.2 Å². The number of benzene rings is 2. The van der Waals surface area contributed by atoms with Gasteiger partial charge < -0.3 is 24.2 Å². The average Bonchev–Trinajstić information content (AvgIpc) is 3.05. The van der Waals surface area contributed by atoms with E-state index in [0.29, 0.717) is 58.2 Å². The number of hydrogen-bond acceptors (Lipinski definition) is 5. The fourth-order valence-corrected chi connectivity index (χ4v) is 5.48. The second-order valence-electron chi connectivity index (χ2n) is 9.23. The van der Waals surface area contributed by atoms with E-state index in [1.807, 2.05) is 0 Å². The van der Waals surface area contributed by atoms with Crippen LogP contribution < -0.4 is 19.5 Å². The number of likely N-dealkylation sites (tertiary alicyclic amines) is 1. The van der Waals surface area contributed by atoms with Crippen molar-refractivity contribution in [2.75, 3.05) is 19.9 Å². The second-order valence-corrected chi connectivity index (χ2v) is 9.67. The minimum atomic E-state index is -0.239. The summed E-state index contributed by atoms with van der Waals surface area (Å²) >= 11 is 6.26. The zero-order valence-corrected chi connectivity index (χ0v) is 19.0. The molecule has 3 heterocycles. The number of carbonyl (C=O) groups excluding carboxylic acids is 1. The first-order valence-electron chi connectivity index (χ1n) is 11.0. The lowest BCUT2D eigenvalue weighted by Crippen LogP contribution is -3.13. The van der Waals surface area contributed by atoms with Crippen LogP contribution in [0.1, 0.15) is 47.3 Å². The maximum Gasteiger partial charge on any atom is 0.231 e. The predicted molar refractivity (Wildman–Crippen MR) is 118 cm³/mol. The molecule has 0 radical (unpaired) electrons. The maximum atomic E-state index is 13.1. The van der Waals surface area contributed by atoms with Gasteiger partial charge in [0.15, 0.2) is 12.6 Å². The summed E-state index contributed by atoms with van der Waals surface area (Å²) in [4.78, 5) is 14.5. The first-order valence-corrected chi connectivity index (χ1v) is 11.4.